The topological polar surface area (TPSA) is 29.5 Å². The third-order valence-electron chi connectivity index (χ3n) is 5.00. The van der Waals surface area contributed by atoms with Crippen LogP contribution in [0, 0.1) is 5.92 Å². The maximum Gasteiger partial charge on any atom is 0.230 e. The zero-order valence-corrected chi connectivity index (χ0v) is 15.4. The van der Waals surface area contributed by atoms with E-state index in [1.54, 1.807) is 7.11 Å². The van der Waals surface area contributed by atoms with Gasteiger partial charge in [-0.1, -0.05) is 61.7 Å². The second kappa shape index (κ2) is 9.23. The Balaban J connectivity index is 1.77. The largest absolute Gasteiger partial charge is 0.497 e. The van der Waals surface area contributed by atoms with Crippen molar-refractivity contribution in [2.75, 3.05) is 18.6 Å². The van der Waals surface area contributed by atoms with Crippen molar-refractivity contribution in [3.05, 3.63) is 66.2 Å². The minimum absolute atomic E-state index is 0.149. The van der Waals surface area contributed by atoms with Gasteiger partial charge in [-0.2, -0.15) is 0 Å². The lowest BCUT2D eigenvalue weighted by Crippen LogP contribution is -2.37. The first kappa shape index (κ1) is 18.2. The van der Waals surface area contributed by atoms with Gasteiger partial charge in [-0.05, 0) is 42.7 Å². The lowest BCUT2D eigenvalue weighted by molar-refractivity contribution is -0.123. The predicted octanol–water partition coefficient (Wildman–Crippen LogP) is 5.32. The number of amides is 1. The molecule has 0 aromatic heterocycles. The van der Waals surface area contributed by atoms with Crippen LogP contribution in [0.1, 0.15) is 37.7 Å². The van der Waals surface area contributed by atoms with Crippen molar-refractivity contribution in [1.29, 1.82) is 0 Å². The van der Waals surface area contributed by atoms with E-state index in [0.29, 0.717) is 6.54 Å². The SMILES string of the molecule is COc1ccc(N(C/C=C/c2ccccc2)C(=O)C2CCCCC2)cc1. The molecule has 0 spiro atoms. The van der Waals surface area contributed by atoms with Crippen LogP contribution in [0.25, 0.3) is 6.08 Å². The Bertz CT molecular complexity index is 716. The first-order valence-corrected chi connectivity index (χ1v) is 9.45. The number of carbonyl (C=O) groups excluding carboxylic acids is 1. The molecule has 0 heterocycles. The standard InChI is InChI=1S/C23H27NO2/c1-26-22-16-14-21(15-17-22)24(23(25)20-12-6-3-7-13-20)18-8-11-19-9-4-2-5-10-19/h2,4-5,8-11,14-17,20H,3,6-7,12-13,18H2,1H3/b11-8+. The van der Waals surface area contributed by atoms with Gasteiger partial charge in [-0.3, -0.25) is 4.79 Å². The zero-order valence-electron chi connectivity index (χ0n) is 15.4. The van der Waals surface area contributed by atoms with Crippen molar-refractivity contribution in [3.8, 4) is 5.75 Å². The number of carbonyl (C=O) groups is 1. The van der Waals surface area contributed by atoms with Gasteiger partial charge in [0.05, 0.1) is 7.11 Å². The van der Waals surface area contributed by atoms with E-state index in [9.17, 15) is 4.79 Å². The van der Waals surface area contributed by atoms with Crippen molar-refractivity contribution in [3.63, 3.8) is 0 Å². The molecule has 3 heteroatoms. The van der Waals surface area contributed by atoms with Gasteiger partial charge in [-0.15, -0.1) is 0 Å². The number of hydrogen-bond donors (Lipinski definition) is 0. The number of ether oxygens (including phenoxy) is 1. The molecule has 1 saturated carbocycles. The summed E-state index contributed by atoms with van der Waals surface area (Å²) >= 11 is 0. The summed E-state index contributed by atoms with van der Waals surface area (Å²) in [5.41, 5.74) is 2.08. The van der Waals surface area contributed by atoms with E-state index >= 15 is 0 Å². The highest BCUT2D eigenvalue weighted by molar-refractivity contribution is 5.95. The summed E-state index contributed by atoms with van der Waals surface area (Å²) in [7, 11) is 1.66. The lowest BCUT2D eigenvalue weighted by atomic mass is 9.88. The van der Waals surface area contributed by atoms with Gasteiger partial charge in [0.15, 0.2) is 0 Å². The van der Waals surface area contributed by atoms with Crippen molar-refractivity contribution in [2.24, 2.45) is 5.92 Å². The zero-order chi connectivity index (χ0) is 18.2. The summed E-state index contributed by atoms with van der Waals surface area (Å²) in [5.74, 6) is 1.20. The highest BCUT2D eigenvalue weighted by atomic mass is 16.5. The summed E-state index contributed by atoms with van der Waals surface area (Å²) < 4.78 is 5.25. The average molecular weight is 349 g/mol. The predicted molar refractivity (Wildman–Crippen MR) is 107 cm³/mol. The van der Waals surface area contributed by atoms with E-state index in [1.807, 2.05) is 47.4 Å². The quantitative estimate of drug-likeness (QED) is 0.706. The molecule has 0 unspecified atom stereocenters. The van der Waals surface area contributed by atoms with Gasteiger partial charge < -0.3 is 9.64 Å². The molecule has 26 heavy (non-hydrogen) atoms. The van der Waals surface area contributed by atoms with Crippen LogP contribution in [-0.2, 0) is 4.79 Å². The molecule has 0 atom stereocenters. The van der Waals surface area contributed by atoms with E-state index in [-0.39, 0.29) is 11.8 Å². The molecule has 0 radical (unpaired) electrons. The second-order valence-electron chi connectivity index (χ2n) is 6.79. The second-order valence-corrected chi connectivity index (χ2v) is 6.79. The monoisotopic (exact) mass is 349 g/mol. The fourth-order valence-electron chi connectivity index (χ4n) is 3.51. The molecule has 1 aliphatic rings. The minimum Gasteiger partial charge on any atom is -0.497 e. The summed E-state index contributed by atoms with van der Waals surface area (Å²) in [6.07, 6.45) is 9.73. The van der Waals surface area contributed by atoms with E-state index < -0.39 is 0 Å². The smallest absolute Gasteiger partial charge is 0.230 e. The van der Waals surface area contributed by atoms with E-state index in [4.69, 9.17) is 4.74 Å². The molecule has 0 bridgehead atoms. The first-order valence-electron chi connectivity index (χ1n) is 9.45. The molecule has 1 aliphatic carbocycles. The van der Waals surface area contributed by atoms with Crippen LogP contribution in [0.3, 0.4) is 0 Å². The number of anilines is 1. The highest BCUT2D eigenvalue weighted by Gasteiger charge is 2.26. The molecule has 3 nitrogen and oxygen atoms in total. The molecular formula is C23H27NO2. The Labute approximate surface area is 156 Å². The molecule has 0 saturated heterocycles. The summed E-state index contributed by atoms with van der Waals surface area (Å²) in [4.78, 5) is 15.1. The lowest BCUT2D eigenvalue weighted by Gasteiger charge is -2.29. The maximum absolute atomic E-state index is 13.2. The summed E-state index contributed by atoms with van der Waals surface area (Å²) in [6.45, 7) is 0.580. The third-order valence-corrected chi connectivity index (χ3v) is 5.00. The number of nitrogens with zero attached hydrogens (tertiary/aromatic N) is 1. The molecule has 0 aliphatic heterocycles. The first-order chi connectivity index (χ1) is 12.8. The van der Waals surface area contributed by atoms with Gasteiger partial charge >= 0.3 is 0 Å². The number of rotatable bonds is 6. The molecule has 2 aromatic carbocycles. The number of hydrogen-bond acceptors (Lipinski definition) is 2. The van der Waals surface area contributed by atoms with Gasteiger partial charge in [0.1, 0.15) is 5.75 Å². The van der Waals surface area contributed by atoms with Gasteiger partial charge in [0.25, 0.3) is 0 Å². The Morgan fingerprint density at radius 1 is 1.04 bits per heavy atom. The number of benzene rings is 2. The number of methoxy groups -OCH3 is 1. The molecule has 0 N–H and O–H groups in total. The summed E-state index contributed by atoms with van der Waals surface area (Å²) in [5, 5.41) is 0. The Morgan fingerprint density at radius 2 is 1.73 bits per heavy atom. The molecule has 136 valence electrons. The van der Waals surface area contributed by atoms with Crippen molar-refractivity contribution >= 4 is 17.7 Å². The average Bonchev–Trinajstić information content (AvgIpc) is 2.72. The minimum atomic E-state index is 0.149. The molecule has 1 fully saturated rings. The Hall–Kier alpha value is -2.55. The van der Waals surface area contributed by atoms with E-state index in [0.717, 1.165) is 42.7 Å². The fourth-order valence-corrected chi connectivity index (χ4v) is 3.51. The maximum atomic E-state index is 13.2. The van der Waals surface area contributed by atoms with Gasteiger partial charge in [0, 0.05) is 18.2 Å². The molecule has 2 aromatic rings. The van der Waals surface area contributed by atoms with Crippen LogP contribution in [0.4, 0.5) is 5.69 Å². The van der Waals surface area contributed by atoms with Crippen molar-refractivity contribution in [1.82, 2.24) is 0 Å². The fraction of sp³-hybridized carbons (Fsp3) is 0.348. The van der Waals surface area contributed by atoms with Crippen LogP contribution in [0.2, 0.25) is 0 Å². The van der Waals surface area contributed by atoms with Crippen molar-refractivity contribution in [2.45, 2.75) is 32.1 Å². The molecular weight excluding hydrogens is 322 g/mol. The Morgan fingerprint density at radius 3 is 2.38 bits per heavy atom. The van der Waals surface area contributed by atoms with Crippen molar-refractivity contribution < 1.29 is 9.53 Å². The summed E-state index contributed by atoms with van der Waals surface area (Å²) in [6, 6.07) is 17.9. The van der Waals surface area contributed by atoms with Gasteiger partial charge in [-0.25, -0.2) is 0 Å². The van der Waals surface area contributed by atoms with Crippen LogP contribution in [-0.4, -0.2) is 19.6 Å². The van der Waals surface area contributed by atoms with Crippen LogP contribution >= 0.6 is 0 Å². The molecule has 3 rings (SSSR count). The highest BCUT2D eigenvalue weighted by Crippen LogP contribution is 2.28. The van der Waals surface area contributed by atoms with Crippen LogP contribution < -0.4 is 9.64 Å². The van der Waals surface area contributed by atoms with Crippen LogP contribution in [0.5, 0.6) is 5.75 Å². The van der Waals surface area contributed by atoms with E-state index in [1.165, 1.54) is 6.42 Å². The molecule has 1 amide bonds. The normalized spacial score (nSPS) is 15.1. The van der Waals surface area contributed by atoms with Crippen LogP contribution in [0.15, 0.2) is 60.7 Å². The third kappa shape index (κ3) is 4.75. The van der Waals surface area contributed by atoms with E-state index in [2.05, 4.69) is 24.3 Å². The van der Waals surface area contributed by atoms with Gasteiger partial charge in [0.2, 0.25) is 5.91 Å². The Kier molecular flexibility index (Phi) is 6.48.